The first kappa shape index (κ1) is 38.2. The van der Waals surface area contributed by atoms with E-state index < -0.39 is 55.1 Å². The Labute approximate surface area is 250 Å². The summed E-state index contributed by atoms with van der Waals surface area (Å²) >= 11 is 0. The van der Waals surface area contributed by atoms with Gasteiger partial charge in [-0.1, -0.05) is 12.8 Å². The van der Waals surface area contributed by atoms with Gasteiger partial charge in [0, 0.05) is 26.2 Å². The van der Waals surface area contributed by atoms with Gasteiger partial charge in [0.1, 0.15) is 11.1 Å². The van der Waals surface area contributed by atoms with E-state index in [1.165, 1.54) is 9.80 Å². The maximum atomic E-state index is 12.3. The molecular formula is C23H45B2N7O11. The number of likely N-dealkylation sites (N-methyl/N-ethyl adjacent to an activating group) is 1. The van der Waals surface area contributed by atoms with Gasteiger partial charge < -0.3 is 68.4 Å². The molecule has 0 spiro atoms. The predicted molar refractivity (Wildman–Crippen MR) is 153 cm³/mol. The molecule has 0 unspecified atom stereocenters. The monoisotopic (exact) mass is 617 g/mol. The molecule has 2 aliphatic heterocycles. The van der Waals surface area contributed by atoms with Gasteiger partial charge in [0.2, 0.25) is 17.7 Å². The topological polar surface area (TPSA) is 329 Å². The van der Waals surface area contributed by atoms with Crippen molar-refractivity contribution < 1.29 is 54.3 Å². The molecule has 2 heterocycles. The van der Waals surface area contributed by atoms with Crippen molar-refractivity contribution in [1.29, 1.82) is 0 Å². The highest BCUT2D eigenvalue weighted by Gasteiger charge is 2.45. The van der Waals surface area contributed by atoms with Crippen molar-refractivity contribution in [3.8, 4) is 0 Å². The number of primary amides is 1. The number of nitrogens with zero attached hydrogens (tertiary/aromatic N) is 2. The Morgan fingerprint density at radius 1 is 0.860 bits per heavy atom. The molecule has 18 nitrogen and oxygen atoms in total. The first-order chi connectivity index (χ1) is 19.8. The average molecular weight is 617 g/mol. The minimum absolute atomic E-state index is 0.0268. The molecule has 0 aromatic heterocycles. The molecule has 2 saturated heterocycles. The number of carboxylic acids is 2. The van der Waals surface area contributed by atoms with E-state index >= 15 is 0 Å². The summed E-state index contributed by atoms with van der Waals surface area (Å²) in [7, 11) is -1.32. The summed E-state index contributed by atoms with van der Waals surface area (Å²) in [5.41, 5.74) is 19.3. The van der Waals surface area contributed by atoms with Gasteiger partial charge >= 0.3 is 26.2 Å². The summed E-state index contributed by atoms with van der Waals surface area (Å²) in [6.45, 7) is 0.432. The fourth-order valence-corrected chi connectivity index (χ4v) is 5.35. The van der Waals surface area contributed by atoms with Crippen LogP contribution in [0.15, 0.2) is 0 Å². The fraction of sp³-hybridized carbons (Fsp3) is 0.783. The molecule has 20 heteroatoms. The molecule has 0 aromatic rings. The number of aliphatic carboxylic acids is 2. The number of rotatable bonds is 13. The van der Waals surface area contributed by atoms with E-state index in [0.29, 0.717) is 19.4 Å². The highest BCUT2D eigenvalue weighted by atomic mass is 16.4. The second-order valence-corrected chi connectivity index (χ2v) is 11.5. The highest BCUT2D eigenvalue weighted by Crippen LogP contribution is 2.29. The first-order valence-corrected chi connectivity index (χ1v) is 13.8. The molecule has 3 amide bonds. The zero-order valence-electron chi connectivity index (χ0n) is 24.3. The van der Waals surface area contributed by atoms with Gasteiger partial charge in [0.05, 0.1) is 19.0 Å². The molecule has 0 aromatic carbocycles. The zero-order chi connectivity index (χ0) is 33.1. The van der Waals surface area contributed by atoms with E-state index in [2.05, 4.69) is 5.32 Å². The quantitative estimate of drug-likeness (QED) is 0.0858. The lowest BCUT2D eigenvalue weighted by Gasteiger charge is -2.42. The van der Waals surface area contributed by atoms with Gasteiger partial charge in [-0.25, -0.2) is 0 Å². The van der Waals surface area contributed by atoms with E-state index in [-0.39, 0.29) is 75.8 Å². The van der Waals surface area contributed by atoms with Crippen LogP contribution in [0.3, 0.4) is 0 Å². The van der Waals surface area contributed by atoms with Crippen molar-refractivity contribution in [2.24, 2.45) is 34.8 Å². The molecule has 43 heavy (non-hydrogen) atoms. The SMILES string of the molecule is CNCC(=O)N1C[C@@H](CCB(O)O)C[C@](N)(C(=O)O)C1.NC(=O)C[C@H](N)C(=O)N1C[C@@H](CCB(O)O)C[C@](N)(C(=O)O)C1. The molecule has 2 rings (SSSR count). The molecule has 244 valence electrons. The number of hydrogen-bond donors (Lipinski definition) is 11. The van der Waals surface area contributed by atoms with Crippen LogP contribution >= 0.6 is 0 Å². The van der Waals surface area contributed by atoms with Crippen LogP contribution in [0, 0.1) is 11.8 Å². The van der Waals surface area contributed by atoms with E-state index in [1.807, 2.05) is 0 Å². The van der Waals surface area contributed by atoms with Crippen LogP contribution in [0.25, 0.3) is 0 Å². The van der Waals surface area contributed by atoms with Gasteiger partial charge in [0.25, 0.3) is 0 Å². The summed E-state index contributed by atoms with van der Waals surface area (Å²) < 4.78 is 0. The third kappa shape index (κ3) is 12.4. The van der Waals surface area contributed by atoms with Crippen LogP contribution in [0.4, 0.5) is 0 Å². The van der Waals surface area contributed by atoms with Crippen molar-refractivity contribution in [2.45, 2.75) is 61.9 Å². The fourth-order valence-electron chi connectivity index (χ4n) is 5.35. The summed E-state index contributed by atoms with van der Waals surface area (Å²) in [5, 5.41) is 57.0. The Morgan fingerprint density at radius 3 is 1.65 bits per heavy atom. The molecular weight excluding hydrogens is 572 g/mol. The van der Waals surface area contributed by atoms with Crippen molar-refractivity contribution in [3.63, 3.8) is 0 Å². The number of hydrogen-bond acceptors (Lipinski definition) is 13. The van der Waals surface area contributed by atoms with Gasteiger partial charge in [-0.3, -0.25) is 24.0 Å². The molecule has 5 atom stereocenters. The van der Waals surface area contributed by atoms with Gasteiger partial charge in [-0.2, -0.15) is 0 Å². The summed E-state index contributed by atoms with van der Waals surface area (Å²) in [5.74, 6) is -4.43. The third-order valence-electron chi connectivity index (χ3n) is 7.46. The molecule has 0 bridgehead atoms. The molecule has 2 aliphatic rings. The molecule has 15 N–H and O–H groups in total. The number of nitrogens with one attached hydrogen (secondary N) is 1. The maximum absolute atomic E-state index is 12.3. The normalized spacial score (nSPS) is 26.0. The lowest BCUT2D eigenvalue weighted by atomic mass is 9.75. The lowest BCUT2D eigenvalue weighted by molar-refractivity contribution is -0.151. The maximum Gasteiger partial charge on any atom is 0.451 e. The predicted octanol–water partition coefficient (Wildman–Crippen LogP) is -5.62. The number of carbonyl (C=O) groups excluding carboxylic acids is 3. The Kier molecular flexibility index (Phi) is 15.0. The van der Waals surface area contributed by atoms with Crippen LogP contribution in [0.5, 0.6) is 0 Å². The number of amides is 3. The Hall–Kier alpha value is -2.84. The smallest absolute Gasteiger partial charge is 0.451 e. The Balaban J connectivity index is 0.000000434. The molecule has 0 aliphatic carbocycles. The van der Waals surface area contributed by atoms with Crippen LogP contribution in [-0.4, -0.2) is 141 Å². The Morgan fingerprint density at radius 2 is 1.28 bits per heavy atom. The largest absolute Gasteiger partial charge is 0.480 e. The van der Waals surface area contributed by atoms with Gasteiger partial charge in [-0.05, 0) is 44.4 Å². The van der Waals surface area contributed by atoms with Crippen molar-refractivity contribution in [2.75, 3.05) is 39.8 Å². The number of likely N-dealkylation sites (tertiary alicyclic amines) is 2. The minimum Gasteiger partial charge on any atom is -0.480 e. The second kappa shape index (κ2) is 16.9. The second-order valence-electron chi connectivity index (χ2n) is 11.5. The number of carbonyl (C=O) groups is 5. The van der Waals surface area contributed by atoms with Gasteiger partial charge in [-0.15, -0.1) is 0 Å². The summed E-state index contributed by atoms with van der Waals surface area (Å²) in [6.07, 6.45) is 0.846. The van der Waals surface area contributed by atoms with E-state index in [1.54, 1.807) is 7.05 Å². The van der Waals surface area contributed by atoms with Crippen LogP contribution in [0.2, 0.25) is 12.6 Å². The average Bonchev–Trinajstić information content (AvgIpc) is 2.89. The molecule has 2 fully saturated rings. The lowest BCUT2D eigenvalue weighted by Crippen LogP contribution is -2.64. The highest BCUT2D eigenvalue weighted by molar-refractivity contribution is 6.41. The van der Waals surface area contributed by atoms with Crippen LogP contribution < -0.4 is 28.3 Å². The molecule has 0 saturated carbocycles. The van der Waals surface area contributed by atoms with Crippen LogP contribution in [-0.2, 0) is 24.0 Å². The van der Waals surface area contributed by atoms with E-state index in [9.17, 15) is 34.2 Å². The summed E-state index contributed by atoms with van der Waals surface area (Å²) in [4.78, 5) is 60.4. The minimum atomic E-state index is -1.65. The third-order valence-corrected chi connectivity index (χ3v) is 7.46. The first-order valence-electron chi connectivity index (χ1n) is 13.8. The number of nitrogens with two attached hydrogens (primary N) is 4. The number of piperidine rings is 2. The van der Waals surface area contributed by atoms with E-state index in [0.717, 1.165) is 0 Å². The Bertz CT molecular complexity index is 995. The van der Waals surface area contributed by atoms with Crippen molar-refractivity contribution >= 4 is 43.9 Å². The van der Waals surface area contributed by atoms with Crippen LogP contribution in [0.1, 0.15) is 32.1 Å². The van der Waals surface area contributed by atoms with Gasteiger partial charge in [0.15, 0.2) is 0 Å². The van der Waals surface area contributed by atoms with Crippen molar-refractivity contribution in [1.82, 2.24) is 15.1 Å². The van der Waals surface area contributed by atoms with Crippen molar-refractivity contribution in [3.05, 3.63) is 0 Å². The molecule has 0 radical (unpaired) electrons. The zero-order valence-corrected chi connectivity index (χ0v) is 24.3. The van der Waals surface area contributed by atoms with E-state index in [4.69, 9.17) is 43.0 Å². The summed E-state index contributed by atoms with van der Waals surface area (Å²) in [6, 6.07) is -1.16. The number of carboxylic acid groups (broad SMARTS) is 2. The standard InChI is InChI=1S/C12H23BN4O6.C11H22BN3O5/c14-8(3-9(15)18)10(19)17-5-7(1-2-13(22)23)4-12(16,6-17)11(20)21;1-14-5-9(16)15-6-8(2-3-12(19)20)4-11(13,7-15)10(17)18/h7-8,22-23H,1-6,14,16H2,(H2,15,18)(H,20,21);8,14,19-20H,2-7,13H2,1H3,(H,17,18)/t7-,8-,12+;8-,11+/m00/s1.